The van der Waals surface area contributed by atoms with E-state index in [1.54, 1.807) is 6.07 Å². The second-order valence-electron chi connectivity index (χ2n) is 12.5. The van der Waals surface area contributed by atoms with Crippen molar-refractivity contribution in [3.8, 4) is 11.5 Å². The maximum absolute atomic E-state index is 13.9. The van der Waals surface area contributed by atoms with Gasteiger partial charge in [-0.25, -0.2) is 18.1 Å². The van der Waals surface area contributed by atoms with Crippen molar-refractivity contribution in [2.24, 2.45) is 5.92 Å². The van der Waals surface area contributed by atoms with E-state index >= 15 is 0 Å². The molecule has 0 bridgehead atoms. The van der Waals surface area contributed by atoms with E-state index in [-0.39, 0.29) is 56.1 Å². The molecule has 4 heterocycles. The number of nitro benzene ring substituents is 1. The van der Waals surface area contributed by atoms with Crippen LogP contribution in [0.3, 0.4) is 0 Å². The van der Waals surface area contributed by atoms with E-state index in [2.05, 4.69) is 20.0 Å². The van der Waals surface area contributed by atoms with Gasteiger partial charge in [0.15, 0.2) is 23.1 Å². The standard InChI is InChI=1S/C33H32F3N7O9S/c1-51-22-14-26-23(37-15-22)11-13-30(45)42(26)17-24(40-53(49,50)28-5-3-2-4-25(28)43(47)48)19-6-9-21(10-7-19)41(32(46)33(34,35)36)16-20-8-12-27-31(38-20)39-29(44)18-52-27/h2-5,8,11-15,19,21,24,40H,6-7,9-10,16-18H2,1H3,(H,38,39,44). The van der Waals surface area contributed by atoms with Crippen molar-refractivity contribution in [2.75, 3.05) is 19.0 Å². The first-order valence-electron chi connectivity index (χ1n) is 16.2. The smallest absolute Gasteiger partial charge is 0.471 e. The number of hydrogen-bond acceptors (Lipinski definition) is 11. The summed E-state index contributed by atoms with van der Waals surface area (Å²) in [5.74, 6) is -2.67. The van der Waals surface area contributed by atoms with Crippen LogP contribution in [0.4, 0.5) is 24.7 Å². The molecule has 1 unspecified atom stereocenters. The van der Waals surface area contributed by atoms with Crippen molar-refractivity contribution in [1.82, 2.24) is 24.2 Å². The zero-order valence-corrected chi connectivity index (χ0v) is 28.7. The number of pyridine rings is 3. The van der Waals surface area contributed by atoms with Gasteiger partial charge in [-0.05, 0) is 55.9 Å². The lowest BCUT2D eigenvalue weighted by Gasteiger charge is -2.39. The molecule has 53 heavy (non-hydrogen) atoms. The zero-order valence-electron chi connectivity index (χ0n) is 27.9. The van der Waals surface area contributed by atoms with E-state index in [1.807, 2.05) is 0 Å². The number of benzene rings is 1. The highest BCUT2D eigenvalue weighted by molar-refractivity contribution is 7.89. The van der Waals surface area contributed by atoms with Gasteiger partial charge in [0, 0.05) is 36.8 Å². The number of sulfonamides is 1. The number of anilines is 1. The van der Waals surface area contributed by atoms with E-state index in [4.69, 9.17) is 9.47 Å². The third-order valence-corrected chi connectivity index (χ3v) is 10.7. The Hall–Kier alpha value is -5.63. The highest BCUT2D eigenvalue weighted by atomic mass is 32.2. The summed E-state index contributed by atoms with van der Waals surface area (Å²) >= 11 is 0. The first-order chi connectivity index (χ1) is 25.1. The minimum Gasteiger partial charge on any atom is -0.495 e. The van der Waals surface area contributed by atoms with Crippen LogP contribution in [-0.4, -0.2) is 76.6 Å². The van der Waals surface area contributed by atoms with Gasteiger partial charge in [0.25, 0.3) is 17.2 Å². The van der Waals surface area contributed by atoms with Crippen molar-refractivity contribution < 1.29 is 45.6 Å². The summed E-state index contributed by atoms with van der Waals surface area (Å²) in [4.78, 5) is 57.3. The number of nitrogens with zero attached hydrogens (tertiary/aromatic N) is 5. The number of aromatic nitrogens is 3. The van der Waals surface area contributed by atoms with Gasteiger partial charge in [0.1, 0.15) is 5.75 Å². The fourth-order valence-corrected chi connectivity index (χ4v) is 8.11. The summed E-state index contributed by atoms with van der Waals surface area (Å²) in [5.41, 5.74) is -0.443. The number of para-hydroxylation sites is 1. The quantitative estimate of drug-likeness (QED) is 0.167. The van der Waals surface area contributed by atoms with Gasteiger partial charge in [-0.2, -0.15) is 13.2 Å². The molecule has 1 aliphatic heterocycles. The van der Waals surface area contributed by atoms with Crippen molar-refractivity contribution in [3.05, 3.63) is 87.0 Å². The average molecular weight is 760 g/mol. The summed E-state index contributed by atoms with van der Waals surface area (Å²) in [7, 11) is -3.21. The van der Waals surface area contributed by atoms with Crippen LogP contribution in [-0.2, 0) is 32.7 Å². The fraction of sp³-hybridized carbons (Fsp3) is 0.364. The number of hydrogen-bond donors (Lipinski definition) is 2. The Kier molecular flexibility index (Phi) is 10.4. The van der Waals surface area contributed by atoms with Crippen molar-refractivity contribution in [3.63, 3.8) is 0 Å². The van der Waals surface area contributed by atoms with Crippen LogP contribution in [0.2, 0.25) is 0 Å². The second kappa shape index (κ2) is 14.8. The molecular weight excluding hydrogens is 727 g/mol. The van der Waals surface area contributed by atoms with Crippen LogP contribution in [0.5, 0.6) is 11.5 Å². The molecule has 2 aliphatic rings. The van der Waals surface area contributed by atoms with Crippen LogP contribution < -0.4 is 25.1 Å². The van der Waals surface area contributed by atoms with Crippen molar-refractivity contribution in [1.29, 1.82) is 0 Å². The largest absolute Gasteiger partial charge is 0.495 e. The van der Waals surface area contributed by atoms with E-state index < -0.39 is 73.6 Å². The predicted molar refractivity (Wildman–Crippen MR) is 180 cm³/mol. The van der Waals surface area contributed by atoms with Crippen LogP contribution in [0, 0.1) is 16.0 Å². The molecule has 20 heteroatoms. The number of alkyl halides is 3. The molecule has 280 valence electrons. The molecule has 0 radical (unpaired) electrons. The molecule has 1 aromatic carbocycles. The summed E-state index contributed by atoms with van der Waals surface area (Å²) in [6.07, 6.45) is -3.60. The Morgan fingerprint density at radius 3 is 2.58 bits per heavy atom. The van der Waals surface area contributed by atoms with Crippen molar-refractivity contribution in [2.45, 2.75) is 61.9 Å². The number of rotatable bonds is 11. The maximum Gasteiger partial charge on any atom is 0.471 e. The van der Waals surface area contributed by atoms with Gasteiger partial charge in [-0.1, -0.05) is 12.1 Å². The first-order valence-corrected chi connectivity index (χ1v) is 17.7. The molecule has 1 atom stereocenters. The monoisotopic (exact) mass is 759 g/mol. The zero-order chi connectivity index (χ0) is 38.1. The minimum absolute atomic E-state index is 0.000795. The third kappa shape index (κ3) is 8.07. The molecular formula is C33H32F3N7O9S. The maximum atomic E-state index is 13.9. The number of ether oxygens (including phenoxy) is 2. The molecule has 6 rings (SSSR count). The fourth-order valence-electron chi connectivity index (χ4n) is 6.64. The van der Waals surface area contributed by atoms with Gasteiger partial charge >= 0.3 is 12.1 Å². The molecule has 2 N–H and O–H groups in total. The third-order valence-electron chi connectivity index (χ3n) is 9.21. The molecule has 2 amide bonds. The predicted octanol–water partition coefficient (Wildman–Crippen LogP) is 3.54. The Morgan fingerprint density at radius 1 is 1.15 bits per heavy atom. The normalized spacial score (nSPS) is 18.0. The van der Waals surface area contributed by atoms with Crippen LogP contribution in [0.15, 0.2) is 70.5 Å². The van der Waals surface area contributed by atoms with Gasteiger partial charge in [-0.3, -0.25) is 29.5 Å². The number of fused-ring (bicyclic) bond motifs is 2. The number of nitro groups is 1. The minimum atomic E-state index is -5.23. The summed E-state index contributed by atoms with van der Waals surface area (Å²) in [6, 6.07) is 9.76. The number of amides is 2. The molecule has 16 nitrogen and oxygen atoms in total. The molecule has 0 saturated heterocycles. The Morgan fingerprint density at radius 2 is 1.89 bits per heavy atom. The SMILES string of the molecule is COc1cnc2ccc(=O)n(CC(NS(=O)(=O)c3ccccc3[N+](=O)[O-])C3CCC(N(Cc4ccc5c(n4)NC(=O)CO5)C(=O)C(F)(F)F)CC3)c2c1. The van der Waals surface area contributed by atoms with Crippen LogP contribution in [0.1, 0.15) is 31.4 Å². The number of carbonyl (C=O) groups is 2. The Bertz CT molecular complexity index is 2240. The topological polar surface area (TPSA) is 205 Å². The van der Waals surface area contributed by atoms with E-state index in [1.165, 1.54) is 54.3 Å². The molecule has 1 fully saturated rings. The number of halogens is 3. The summed E-state index contributed by atoms with van der Waals surface area (Å²) in [5, 5.41) is 14.2. The lowest BCUT2D eigenvalue weighted by Crippen LogP contribution is -2.50. The first kappa shape index (κ1) is 37.1. The number of carbonyl (C=O) groups excluding carboxylic acids is 2. The van der Waals surface area contributed by atoms with Gasteiger partial charge in [0.05, 0.1) is 41.5 Å². The molecule has 4 aromatic rings. The Labute approximate surface area is 299 Å². The van der Waals surface area contributed by atoms with E-state index in [9.17, 15) is 46.1 Å². The van der Waals surface area contributed by atoms with Crippen molar-refractivity contribution >= 4 is 44.4 Å². The molecule has 3 aromatic heterocycles. The van der Waals surface area contributed by atoms with E-state index in [0.29, 0.717) is 21.7 Å². The van der Waals surface area contributed by atoms with Gasteiger partial charge in [0.2, 0.25) is 10.0 Å². The lowest BCUT2D eigenvalue weighted by atomic mass is 9.81. The highest BCUT2D eigenvalue weighted by Crippen LogP contribution is 2.35. The number of nitrogens with one attached hydrogen (secondary N) is 2. The van der Waals surface area contributed by atoms with Crippen LogP contribution >= 0.6 is 0 Å². The lowest BCUT2D eigenvalue weighted by molar-refractivity contribution is -0.387. The van der Waals surface area contributed by atoms with Gasteiger partial charge < -0.3 is 24.3 Å². The summed E-state index contributed by atoms with van der Waals surface area (Å²) < 4.78 is 83.7. The number of methoxy groups -OCH3 is 1. The molecule has 0 spiro atoms. The van der Waals surface area contributed by atoms with E-state index in [0.717, 1.165) is 12.1 Å². The highest BCUT2D eigenvalue weighted by Gasteiger charge is 2.46. The summed E-state index contributed by atoms with van der Waals surface area (Å²) in [6.45, 7) is -1.08. The molecule has 1 aliphatic carbocycles. The molecule has 1 saturated carbocycles. The Balaban J connectivity index is 1.31. The average Bonchev–Trinajstić information content (AvgIpc) is 3.13. The van der Waals surface area contributed by atoms with Crippen LogP contribution in [0.25, 0.3) is 11.0 Å². The second-order valence-corrected chi connectivity index (χ2v) is 14.2. The van der Waals surface area contributed by atoms with Gasteiger partial charge in [-0.15, -0.1) is 0 Å².